The number of aromatic nitrogens is 3. The van der Waals surface area contributed by atoms with Gasteiger partial charge in [-0.2, -0.15) is 10.3 Å². The number of carbonyl (C=O) groups excluding carboxylic acids is 1. The first-order valence-electron chi connectivity index (χ1n) is 7.44. The highest BCUT2D eigenvalue weighted by molar-refractivity contribution is 8.00. The third kappa shape index (κ3) is 4.48. The molecule has 3 aromatic rings. The van der Waals surface area contributed by atoms with E-state index in [-0.39, 0.29) is 10.8 Å². The van der Waals surface area contributed by atoms with Gasteiger partial charge in [-0.3, -0.25) is 4.79 Å². The molecule has 1 heterocycles. The summed E-state index contributed by atoms with van der Waals surface area (Å²) in [6.45, 7) is 0. The Kier molecular flexibility index (Phi) is 5.35. The van der Waals surface area contributed by atoms with Crippen molar-refractivity contribution in [1.82, 2.24) is 15.4 Å². The van der Waals surface area contributed by atoms with E-state index in [1.807, 2.05) is 30.3 Å². The van der Waals surface area contributed by atoms with Crippen LogP contribution in [0.25, 0.3) is 0 Å². The molecule has 10 heteroatoms. The van der Waals surface area contributed by atoms with E-state index in [1.54, 1.807) is 0 Å². The summed E-state index contributed by atoms with van der Waals surface area (Å²) in [6, 6.07) is 14.9. The zero-order chi connectivity index (χ0) is 18.6. The van der Waals surface area contributed by atoms with Crippen molar-refractivity contribution in [3.63, 3.8) is 0 Å². The van der Waals surface area contributed by atoms with Gasteiger partial charge in [0.2, 0.25) is 15.9 Å². The minimum Gasteiger partial charge on any atom is -0.325 e. The van der Waals surface area contributed by atoms with Crippen LogP contribution in [0.1, 0.15) is 10.8 Å². The predicted octanol–water partition coefficient (Wildman–Crippen LogP) is 1.92. The van der Waals surface area contributed by atoms with Gasteiger partial charge in [-0.05, 0) is 29.8 Å². The molecule has 0 bridgehead atoms. The molecule has 3 rings (SSSR count). The van der Waals surface area contributed by atoms with Crippen LogP contribution in [0.2, 0.25) is 0 Å². The van der Waals surface area contributed by atoms with Gasteiger partial charge in [0.15, 0.2) is 0 Å². The first-order valence-corrected chi connectivity index (χ1v) is 9.87. The summed E-state index contributed by atoms with van der Waals surface area (Å²) >= 11 is 1.25. The fourth-order valence-corrected chi connectivity index (χ4v) is 3.63. The molecular weight excluding hydrogens is 374 g/mol. The minimum absolute atomic E-state index is 0.0212. The molecule has 0 saturated heterocycles. The second-order valence-corrected chi connectivity index (χ2v) is 7.96. The zero-order valence-electron chi connectivity index (χ0n) is 13.4. The summed E-state index contributed by atoms with van der Waals surface area (Å²) in [4.78, 5) is 12.8. The normalized spacial score (nSPS) is 12.5. The van der Waals surface area contributed by atoms with Crippen molar-refractivity contribution >= 4 is 33.4 Å². The number of anilines is 1. The second-order valence-electron chi connectivity index (χ2n) is 5.28. The van der Waals surface area contributed by atoms with Crippen molar-refractivity contribution in [3.8, 4) is 0 Å². The average Bonchev–Trinajstić information content (AvgIpc) is 3.13. The first-order chi connectivity index (χ1) is 12.4. The third-order valence-electron chi connectivity index (χ3n) is 3.42. The van der Waals surface area contributed by atoms with E-state index in [4.69, 9.17) is 5.14 Å². The van der Waals surface area contributed by atoms with Gasteiger partial charge in [0.1, 0.15) is 10.3 Å². The number of carbonyl (C=O) groups is 1. The number of sulfonamides is 1. The Morgan fingerprint density at radius 2 is 1.81 bits per heavy atom. The van der Waals surface area contributed by atoms with Crippen molar-refractivity contribution in [2.45, 2.75) is 15.2 Å². The van der Waals surface area contributed by atoms with Gasteiger partial charge in [0.05, 0.1) is 11.1 Å². The molecule has 26 heavy (non-hydrogen) atoms. The number of benzene rings is 2. The van der Waals surface area contributed by atoms with Crippen LogP contribution in [-0.4, -0.2) is 29.7 Å². The number of hydrogen-bond donors (Lipinski definition) is 3. The molecule has 1 unspecified atom stereocenters. The second kappa shape index (κ2) is 7.68. The number of thioether (sulfide) groups is 1. The first kappa shape index (κ1) is 18.1. The highest BCUT2D eigenvalue weighted by atomic mass is 32.2. The summed E-state index contributed by atoms with van der Waals surface area (Å²) in [6.07, 6.45) is 1.54. The number of aromatic amines is 1. The van der Waals surface area contributed by atoms with Crippen LogP contribution >= 0.6 is 11.8 Å². The number of nitrogens with zero attached hydrogens (tertiary/aromatic N) is 2. The fourth-order valence-electron chi connectivity index (χ4n) is 2.21. The maximum absolute atomic E-state index is 12.8. The van der Waals surface area contributed by atoms with Crippen LogP contribution in [0.5, 0.6) is 0 Å². The number of nitrogens with two attached hydrogens (primary N) is 1. The van der Waals surface area contributed by atoms with Crippen LogP contribution in [0.4, 0.5) is 5.69 Å². The standard InChI is InChI=1S/C16H15N5O3S2/c17-26(23,24)13-8-6-12(7-9-13)19-16(22)15(11-4-2-1-3-5-11)25-14-10-18-21-20-14/h1-10,15H,(H,19,22)(H2,17,23,24)(H,18,20,21). The smallest absolute Gasteiger partial charge is 0.242 e. The molecule has 2 aromatic carbocycles. The van der Waals surface area contributed by atoms with E-state index in [9.17, 15) is 13.2 Å². The summed E-state index contributed by atoms with van der Waals surface area (Å²) in [7, 11) is -3.78. The molecule has 0 spiro atoms. The highest BCUT2D eigenvalue weighted by Gasteiger charge is 2.23. The molecule has 0 aliphatic heterocycles. The number of primary sulfonamides is 1. The summed E-state index contributed by atoms with van der Waals surface area (Å²) in [5.41, 5.74) is 1.27. The Morgan fingerprint density at radius 3 is 2.38 bits per heavy atom. The van der Waals surface area contributed by atoms with Crippen LogP contribution in [0, 0.1) is 0 Å². The quantitative estimate of drug-likeness (QED) is 0.552. The van der Waals surface area contributed by atoms with E-state index in [0.717, 1.165) is 5.56 Å². The van der Waals surface area contributed by atoms with Gasteiger partial charge in [-0.25, -0.2) is 13.6 Å². The Labute approximate surface area is 154 Å². The van der Waals surface area contributed by atoms with E-state index >= 15 is 0 Å². The van der Waals surface area contributed by atoms with E-state index in [1.165, 1.54) is 42.2 Å². The molecule has 1 atom stereocenters. The van der Waals surface area contributed by atoms with E-state index in [2.05, 4.69) is 20.7 Å². The fraction of sp³-hybridized carbons (Fsp3) is 0.0625. The Morgan fingerprint density at radius 1 is 1.12 bits per heavy atom. The number of nitrogens with one attached hydrogen (secondary N) is 2. The summed E-state index contributed by atoms with van der Waals surface area (Å²) in [5.74, 6) is -0.271. The Bertz CT molecular complexity index is 974. The van der Waals surface area contributed by atoms with Crippen molar-refractivity contribution in [1.29, 1.82) is 0 Å². The van der Waals surface area contributed by atoms with Gasteiger partial charge in [-0.15, -0.1) is 5.10 Å². The van der Waals surface area contributed by atoms with Crippen molar-refractivity contribution in [3.05, 3.63) is 66.4 Å². The molecule has 0 radical (unpaired) electrons. The van der Waals surface area contributed by atoms with Gasteiger partial charge < -0.3 is 5.32 Å². The van der Waals surface area contributed by atoms with Crippen molar-refractivity contribution in [2.24, 2.45) is 5.14 Å². The number of H-pyrrole nitrogens is 1. The Hall–Kier alpha value is -2.69. The topological polar surface area (TPSA) is 131 Å². The molecule has 134 valence electrons. The van der Waals surface area contributed by atoms with Gasteiger partial charge >= 0.3 is 0 Å². The maximum atomic E-state index is 12.8. The number of hydrogen-bond acceptors (Lipinski definition) is 6. The van der Waals surface area contributed by atoms with Gasteiger partial charge in [-0.1, -0.05) is 42.1 Å². The van der Waals surface area contributed by atoms with Gasteiger partial charge in [0, 0.05) is 5.69 Å². The SMILES string of the molecule is NS(=O)(=O)c1ccc(NC(=O)C(Sc2cn[nH]n2)c2ccccc2)cc1. The number of rotatable bonds is 6. The summed E-state index contributed by atoms with van der Waals surface area (Å²) in [5, 5.41) is 18.1. The van der Waals surface area contributed by atoms with Gasteiger partial charge in [0.25, 0.3) is 0 Å². The molecule has 0 fully saturated rings. The molecule has 0 saturated carbocycles. The monoisotopic (exact) mass is 389 g/mol. The molecule has 1 amide bonds. The van der Waals surface area contributed by atoms with Crippen LogP contribution < -0.4 is 10.5 Å². The average molecular weight is 389 g/mol. The lowest BCUT2D eigenvalue weighted by molar-refractivity contribution is -0.115. The number of amides is 1. The largest absolute Gasteiger partial charge is 0.325 e. The molecular formula is C16H15N5O3S2. The lowest BCUT2D eigenvalue weighted by Gasteiger charge is -2.16. The molecule has 8 nitrogen and oxygen atoms in total. The van der Waals surface area contributed by atoms with E-state index < -0.39 is 15.3 Å². The minimum atomic E-state index is -3.78. The van der Waals surface area contributed by atoms with Crippen LogP contribution in [0.3, 0.4) is 0 Å². The van der Waals surface area contributed by atoms with Crippen molar-refractivity contribution in [2.75, 3.05) is 5.32 Å². The maximum Gasteiger partial charge on any atom is 0.242 e. The van der Waals surface area contributed by atoms with Crippen LogP contribution in [0.15, 0.2) is 70.7 Å². The van der Waals surface area contributed by atoms with Crippen LogP contribution in [-0.2, 0) is 14.8 Å². The zero-order valence-corrected chi connectivity index (χ0v) is 15.0. The molecule has 4 N–H and O–H groups in total. The highest BCUT2D eigenvalue weighted by Crippen LogP contribution is 2.34. The predicted molar refractivity (Wildman–Crippen MR) is 97.9 cm³/mol. The Balaban J connectivity index is 1.81. The third-order valence-corrected chi connectivity index (χ3v) is 5.51. The van der Waals surface area contributed by atoms with E-state index in [0.29, 0.717) is 10.7 Å². The summed E-state index contributed by atoms with van der Waals surface area (Å²) < 4.78 is 22.6. The molecule has 1 aromatic heterocycles. The molecule has 0 aliphatic carbocycles. The lowest BCUT2D eigenvalue weighted by Crippen LogP contribution is -2.19. The lowest BCUT2D eigenvalue weighted by atomic mass is 10.1. The molecule has 0 aliphatic rings. The van der Waals surface area contributed by atoms with Crippen molar-refractivity contribution < 1.29 is 13.2 Å².